The molecule has 0 aromatic carbocycles. The van der Waals surface area contributed by atoms with Crippen LogP contribution in [-0.4, -0.2) is 47.3 Å². The molecule has 0 radical (unpaired) electrons. The van der Waals surface area contributed by atoms with E-state index >= 15 is 0 Å². The summed E-state index contributed by atoms with van der Waals surface area (Å²) in [4.78, 5) is 0. The summed E-state index contributed by atoms with van der Waals surface area (Å²) in [6, 6.07) is 0.570. The number of ether oxygens (including phenoxy) is 2. The van der Waals surface area contributed by atoms with Gasteiger partial charge in [-0.05, 0) is 25.8 Å². The maximum atomic E-state index is 11.2. The predicted octanol–water partition coefficient (Wildman–Crippen LogP) is 1.42. The first kappa shape index (κ1) is 14.4. The van der Waals surface area contributed by atoms with Crippen molar-refractivity contribution < 1.29 is 13.7 Å². The Kier molecular flexibility index (Phi) is 5.18. The monoisotopic (exact) mass is 275 g/mol. The fourth-order valence-corrected chi connectivity index (χ4v) is 3.15. The van der Waals surface area contributed by atoms with E-state index in [0.29, 0.717) is 6.04 Å². The molecule has 106 valence electrons. The molecular weight excluding hydrogens is 250 g/mol. The number of rotatable bonds is 5. The van der Waals surface area contributed by atoms with Crippen LogP contribution in [-0.2, 0) is 20.3 Å². The molecule has 0 aromatic heterocycles. The molecule has 0 aromatic rings. The van der Waals surface area contributed by atoms with Crippen LogP contribution in [0.2, 0.25) is 0 Å². The molecule has 4 nitrogen and oxygen atoms in total. The molecule has 2 atom stereocenters. The van der Waals surface area contributed by atoms with Crippen LogP contribution in [0, 0.1) is 0 Å². The Bertz CT molecular complexity index is 282. The molecule has 2 rings (SSSR count). The number of hydrogen-bond donors (Lipinski definition) is 1. The summed E-state index contributed by atoms with van der Waals surface area (Å²) in [7, 11) is -0.704. The van der Waals surface area contributed by atoms with Crippen LogP contribution >= 0.6 is 0 Å². The van der Waals surface area contributed by atoms with E-state index in [0.717, 1.165) is 51.9 Å². The van der Waals surface area contributed by atoms with Gasteiger partial charge in [-0.25, -0.2) is 0 Å². The van der Waals surface area contributed by atoms with Crippen molar-refractivity contribution in [1.82, 2.24) is 5.32 Å². The molecule has 0 bridgehead atoms. The molecule has 1 heterocycles. The highest BCUT2D eigenvalue weighted by molar-refractivity contribution is 7.84. The summed E-state index contributed by atoms with van der Waals surface area (Å²) >= 11 is 0. The lowest BCUT2D eigenvalue weighted by atomic mass is 9.90. The molecule has 5 heteroatoms. The average molecular weight is 275 g/mol. The zero-order valence-electron chi connectivity index (χ0n) is 11.4. The third-order valence-corrected chi connectivity index (χ3v) is 5.48. The summed E-state index contributed by atoms with van der Waals surface area (Å²) in [6.45, 7) is 4.50. The highest BCUT2D eigenvalue weighted by Crippen LogP contribution is 2.35. The van der Waals surface area contributed by atoms with E-state index in [-0.39, 0.29) is 11.0 Å². The Hall–Kier alpha value is 0.0300. The standard InChI is InChI=1S/C13H25NO3S/c1-11(18(2)15)5-8-14-12-3-6-13(7-4-12)16-9-10-17-13/h11-12,14H,3-10H2,1-2H3. The second-order valence-corrected chi connectivity index (χ2v) is 7.24. The fraction of sp³-hybridized carbons (Fsp3) is 1.00. The lowest BCUT2D eigenvalue weighted by molar-refractivity contribution is -0.179. The highest BCUT2D eigenvalue weighted by atomic mass is 32.2. The molecule has 1 saturated carbocycles. The molecule has 1 aliphatic carbocycles. The molecule has 1 spiro atoms. The molecule has 1 aliphatic heterocycles. The van der Waals surface area contributed by atoms with Gasteiger partial charge in [-0.15, -0.1) is 0 Å². The minimum atomic E-state index is -0.704. The summed E-state index contributed by atoms with van der Waals surface area (Å²) in [5.41, 5.74) is 0. The van der Waals surface area contributed by atoms with E-state index in [2.05, 4.69) is 5.32 Å². The number of hydrogen-bond acceptors (Lipinski definition) is 4. The van der Waals surface area contributed by atoms with E-state index in [1.165, 1.54) is 0 Å². The lowest BCUT2D eigenvalue weighted by Gasteiger charge is -2.35. The Morgan fingerprint density at radius 3 is 2.50 bits per heavy atom. The van der Waals surface area contributed by atoms with E-state index in [4.69, 9.17) is 9.47 Å². The van der Waals surface area contributed by atoms with Crippen LogP contribution in [0.25, 0.3) is 0 Å². The molecular formula is C13H25NO3S. The van der Waals surface area contributed by atoms with Gasteiger partial charge in [0, 0.05) is 41.2 Å². The molecule has 1 N–H and O–H groups in total. The molecule has 1 saturated heterocycles. The van der Waals surface area contributed by atoms with Gasteiger partial charge in [0.2, 0.25) is 0 Å². The van der Waals surface area contributed by atoms with Crippen LogP contribution in [0.4, 0.5) is 0 Å². The van der Waals surface area contributed by atoms with Gasteiger partial charge in [-0.1, -0.05) is 6.92 Å². The van der Waals surface area contributed by atoms with Gasteiger partial charge in [0.05, 0.1) is 13.2 Å². The quantitative estimate of drug-likeness (QED) is 0.824. The van der Waals surface area contributed by atoms with Gasteiger partial charge >= 0.3 is 0 Å². The SMILES string of the molecule is CC(CCNC1CCC2(CC1)OCCO2)S(C)=O. The first-order valence-corrected chi connectivity index (χ1v) is 8.57. The molecule has 2 unspecified atom stereocenters. The minimum absolute atomic E-state index is 0.254. The zero-order valence-corrected chi connectivity index (χ0v) is 12.3. The third-order valence-electron chi connectivity index (χ3n) is 4.11. The summed E-state index contributed by atoms with van der Waals surface area (Å²) < 4.78 is 22.7. The zero-order chi connectivity index (χ0) is 13.0. The smallest absolute Gasteiger partial charge is 0.168 e. The molecule has 2 fully saturated rings. The van der Waals surface area contributed by atoms with Crippen LogP contribution in [0.15, 0.2) is 0 Å². The Balaban J connectivity index is 1.63. The van der Waals surface area contributed by atoms with Gasteiger partial charge in [-0.3, -0.25) is 4.21 Å². The number of nitrogens with one attached hydrogen (secondary N) is 1. The first-order chi connectivity index (χ1) is 8.61. The van der Waals surface area contributed by atoms with Crippen molar-refractivity contribution in [3.8, 4) is 0 Å². The van der Waals surface area contributed by atoms with Crippen LogP contribution in [0.1, 0.15) is 39.0 Å². The van der Waals surface area contributed by atoms with E-state index in [9.17, 15) is 4.21 Å². The topological polar surface area (TPSA) is 47.6 Å². The van der Waals surface area contributed by atoms with Crippen molar-refractivity contribution >= 4 is 10.8 Å². The second-order valence-electron chi connectivity index (χ2n) is 5.43. The lowest BCUT2D eigenvalue weighted by Crippen LogP contribution is -2.42. The van der Waals surface area contributed by atoms with Crippen LogP contribution in [0.3, 0.4) is 0 Å². The Morgan fingerprint density at radius 2 is 1.94 bits per heavy atom. The van der Waals surface area contributed by atoms with E-state index < -0.39 is 10.8 Å². The van der Waals surface area contributed by atoms with Crippen LogP contribution < -0.4 is 5.32 Å². The van der Waals surface area contributed by atoms with Crippen molar-refractivity contribution in [2.75, 3.05) is 26.0 Å². The Morgan fingerprint density at radius 1 is 1.33 bits per heavy atom. The Labute approximate surface area is 112 Å². The average Bonchev–Trinajstić information content (AvgIpc) is 2.80. The maximum absolute atomic E-state index is 11.2. The summed E-state index contributed by atoms with van der Waals surface area (Å²) in [5.74, 6) is -0.254. The van der Waals surface area contributed by atoms with Crippen molar-refractivity contribution in [2.45, 2.75) is 56.1 Å². The third kappa shape index (κ3) is 3.76. The van der Waals surface area contributed by atoms with Gasteiger partial charge in [0.15, 0.2) is 5.79 Å². The van der Waals surface area contributed by atoms with E-state index in [1.807, 2.05) is 6.92 Å². The summed E-state index contributed by atoms with van der Waals surface area (Å²) in [6.07, 6.45) is 6.99. The normalized spacial score (nSPS) is 27.4. The maximum Gasteiger partial charge on any atom is 0.168 e. The second kappa shape index (κ2) is 6.46. The molecule has 0 amide bonds. The van der Waals surface area contributed by atoms with Gasteiger partial charge in [0.25, 0.3) is 0 Å². The van der Waals surface area contributed by atoms with Crippen molar-refractivity contribution in [3.05, 3.63) is 0 Å². The van der Waals surface area contributed by atoms with E-state index in [1.54, 1.807) is 6.26 Å². The summed E-state index contributed by atoms with van der Waals surface area (Å²) in [5, 5.41) is 3.85. The van der Waals surface area contributed by atoms with Gasteiger partial charge in [0.1, 0.15) is 0 Å². The van der Waals surface area contributed by atoms with Crippen molar-refractivity contribution in [3.63, 3.8) is 0 Å². The molecule has 2 aliphatic rings. The highest BCUT2D eigenvalue weighted by Gasteiger charge is 2.40. The van der Waals surface area contributed by atoms with Crippen molar-refractivity contribution in [1.29, 1.82) is 0 Å². The van der Waals surface area contributed by atoms with Gasteiger partial charge in [-0.2, -0.15) is 0 Å². The van der Waals surface area contributed by atoms with Gasteiger partial charge < -0.3 is 14.8 Å². The van der Waals surface area contributed by atoms with Crippen LogP contribution in [0.5, 0.6) is 0 Å². The molecule has 18 heavy (non-hydrogen) atoms. The largest absolute Gasteiger partial charge is 0.348 e. The predicted molar refractivity (Wildman–Crippen MR) is 73.0 cm³/mol. The van der Waals surface area contributed by atoms with Crippen molar-refractivity contribution in [2.24, 2.45) is 0 Å². The first-order valence-electron chi connectivity index (χ1n) is 6.95. The minimum Gasteiger partial charge on any atom is -0.348 e. The fourth-order valence-electron chi connectivity index (χ4n) is 2.70.